The third-order valence-corrected chi connectivity index (χ3v) is 3.29. The van der Waals surface area contributed by atoms with Crippen LogP contribution in [0.15, 0.2) is 30.9 Å². The highest BCUT2D eigenvalue weighted by atomic mass is 16.5. The molecule has 1 aliphatic heterocycles. The second-order valence-electron chi connectivity index (χ2n) is 4.88. The first-order chi connectivity index (χ1) is 9.81. The van der Waals surface area contributed by atoms with Crippen molar-refractivity contribution in [2.24, 2.45) is 0 Å². The van der Waals surface area contributed by atoms with E-state index >= 15 is 0 Å². The van der Waals surface area contributed by atoms with E-state index in [1.165, 1.54) is 12.6 Å². The zero-order valence-electron chi connectivity index (χ0n) is 11.1. The van der Waals surface area contributed by atoms with Crippen LogP contribution in [0.2, 0.25) is 0 Å². The Morgan fingerprint density at radius 3 is 2.90 bits per heavy atom. The van der Waals surface area contributed by atoms with E-state index in [1.54, 1.807) is 12.3 Å². The van der Waals surface area contributed by atoms with E-state index in [2.05, 4.69) is 10.1 Å². The molecule has 3 rings (SSSR count). The van der Waals surface area contributed by atoms with Crippen molar-refractivity contribution in [3.63, 3.8) is 0 Å². The molecule has 0 saturated carbocycles. The summed E-state index contributed by atoms with van der Waals surface area (Å²) in [5.41, 5.74) is 1.86. The van der Waals surface area contributed by atoms with E-state index in [9.17, 15) is 5.11 Å². The third-order valence-electron chi connectivity index (χ3n) is 3.29. The molecule has 5 heteroatoms. The molecule has 104 valence electrons. The van der Waals surface area contributed by atoms with Crippen LogP contribution in [-0.2, 0) is 4.74 Å². The van der Waals surface area contributed by atoms with Gasteiger partial charge >= 0.3 is 0 Å². The first-order valence-electron chi connectivity index (χ1n) is 6.79. The normalized spacial score (nSPS) is 19.5. The van der Waals surface area contributed by atoms with Crippen LogP contribution in [0.25, 0.3) is 12.2 Å². The molecular formula is C15H17N3O2. The lowest BCUT2D eigenvalue weighted by Gasteiger charge is -2.22. The van der Waals surface area contributed by atoms with Crippen molar-refractivity contribution < 1.29 is 9.84 Å². The molecule has 1 atom stereocenters. The molecule has 20 heavy (non-hydrogen) atoms. The van der Waals surface area contributed by atoms with Gasteiger partial charge in [0.05, 0.1) is 12.4 Å². The summed E-state index contributed by atoms with van der Waals surface area (Å²) in [7, 11) is 0. The summed E-state index contributed by atoms with van der Waals surface area (Å²) < 4.78 is 7.56. The van der Waals surface area contributed by atoms with Crippen LogP contribution in [-0.4, -0.2) is 26.5 Å². The highest BCUT2D eigenvalue weighted by Gasteiger charge is 2.15. The molecule has 0 aromatic carbocycles. The number of ether oxygens (including phenoxy) is 1. The van der Waals surface area contributed by atoms with Crippen LogP contribution in [0.5, 0.6) is 5.75 Å². The fourth-order valence-corrected chi connectivity index (χ4v) is 2.26. The molecule has 1 aliphatic rings. The van der Waals surface area contributed by atoms with Crippen molar-refractivity contribution in [1.29, 1.82) is 0 Å². The summed E-state index contributed by atoms with van der Waals surface area (Å²) in [4.78, 5) is 3.93. The molecule has 0 spiro atoms. The van der Waals surface area contributed by atoms with Gasteiger partial charge in [-0.2, -0.15) is 5.10 Å². The fraction of sp³-hybridized carbons (Fsp3) is 0.333. The molecule has 0 amide bonds. The van der Waals surface area contributed by atoms with Gasteiger partial charge in [-0.3, -0.25) is 4.98 Å². The number of rotatable bonds is 3. The Bertz CT molecular complexity index is 601. The van der Waals surface area contributed by atoms with Gasteiger partial charge in [-0.15, -0.1) is 0 Å². The van der Waals surface area contributed by atoms with Crippen molar-refractivity contribution in [3.05, 3.63) is 42.0 Å². The molecule has 1 unspecified atom stereocenters. The molecule has 2 aromatic heterocycles. The quantitative estimate of drug-likeness (QED) is 0.932. The Kier molecular flexibility index (Phi) is 3.78. The molecule has 0 aliphatic carbocycles. The number of nitrogens with zero attached hydrogens (tertiary/aromatic N) is 3. The summed E-state index contributed by atoms with van der Waals surface area (Å²) >= 11 is 0. The van der Waals surface area contributed by atoms with Crippen LogP contribution in [0, 0.1) is 0 Å². The smallest absolute Gasteiger partial charge is 0.150 e. The summed E-state index contributed by atoms with van der Waals surface area (Å²) in [6.07, 6.45) is 14.1. The van der Waals surface area contributed by atoms with Crippen molar-refractivity contribution in [2.45, 2.75) is 25.5 Å². The molecular weight excluding hydrogens is 254 g/mol. The number of aromatic hydroxyl groups is 1. The maximum atomic E-state index is 9.36. The Hall–Kier alpha value is -2.14. The first kappa shape index (κ1) is 12.9. The minimum absolute atomic E-state index is 0.0633. The van der Waals surface area contributed by atoms with E-state index in [-0.39, 0.29) is 12.0 Å². The lowest BCUT2D eigenvalue weighted by Crippen LogP contribution is -2.18. The molecule has 0 radical (unpaired) electrons. The average molecular weight is 271 g/mol. The predicted molar refractivity (Wildman–Crippen MR) is 75.9 cm³/mol. The van der Waals surface area contributed by atoms with Gasteiger partial charge in [-0.25, -0.2) is 4.68 Å². The summed E-state index contributed by atoms with van der Waals surface area (Å²) in [6, 6.07) is 1.66. The highest BCUT2D eigenvalue weighted by molar-refractivity contribution is 5.68. The van der Waals surface area contributed by atoms with Gasteiger partial charge in [0.15, 0.2) is 0 Å². The zero-order chi connectivity index (χ0) is 13.8. The monoisotopic (exact) mass is 271 g/mol. The van der Waals surface area contributed by atoms with Crippen LogP contribution < -0.4 is 0 Å². The van der Waals surface area contributed by atoms with E-state index in [4.69, 9.17) is 4.74 Å². The third kappa shape index (κ3) is 3.05. The lowest BCUT2D eigenvalue weighted by molar-refractivity contribution is -0.0394. The Morgan fingerprint density at radius 1 is 1.20 bits per heavy atom. The first-order valence-corrected chi connectivity index (χ1v) is 6.79. The van der Waals surface area contributed by atoms with Gasteiger partial charge in [0.25, 0.3) is 0 Å². The van der Waals surface area contributed by atoms with Gasteiger partial charge in [0.1, 0.15) is 12.0 Å². The van der Waals surface area contributed by atoms with E-state index in [0.717, 1.165) is 30.6 Å². The lowest BCUT2D eigenvalue weighted by atomic mass is 10.2. The van der Waals surface area contributed by atoms with Crippen molar-refractivity contribution in [2.75, 3.05) is 6.61 Å². The summed E-state index contributed by atoms with van der Waals surface area (Å²) in [5.74, 6) is 0.165. The van der Waals surface area contributed by atoms with Crippen molar-refractivity contribution in [1.82, 2.24) is 14.8 Å². The van der Waals surface area contributed by atoms with Crippen LogP contribution in [0.3, 0.4) is 0 Å². The minimum Gasteiger partial charge on any atom is -0.506 e. The molecule has 0 bridgehead atoms. The fourth-order valence-electron chi connectivity index (χ4n) is 2.26. The number of hydrogen-bond acceptors (Lipinski definition) is 4. The standard InChI is InChI=1S/C15H17N3O2/c19-14-7-12(8-16-10-14)4-5-13-9-17-18(11-13)15-3-1-2-6-20-15/h4-5,7-11,15,19H,1-3,6H2/b5-4+. The largest absolute Gasteiger partial charge is 0.506 e. The molecule has 1 N–H and O–H groups in total. The summed E-state index contributed by atoms with van der Waals surface area (Å²) in [6.45, 7) is 0.810. The topological polar surface area (TPSA) is 60.2 Å². The molecule has 5 nitrogen and oxygen atoms in total. The van der Waals surface area contributed by atoms with Crippen molar-refractivity contribution >= 4 is 12.2 Å². The predicted octanol–water partition coefficient (Wildman–Crippen LogP) is 2.85. The average Bonchev–Trinajstić information content (AvgIpc) is 2.95. The number of pyridine rings is 1. The van der Waals surface area contributed by atoms with Crippen LogP contribution in [0.4, 0.5) is 0 Å². The Morgan fingerprint density at radius 2 is 2.10 bits per heavy atom. The molecule has 1 fully saturated rings. The number of aromatic nitrogens is 3. The Balaban J connectivity index is 1.70. The van der Waals surface area contributed by atoms with E-state index in [1.807, 2.05) is 29.2 Å². The Labute approximate surface area is 117 Å². The van der Waals surface area contributed by atoms with Gasteiger partial charge in [-0.1, -0.05) is 12.2 Å². The van der Waals surface area contributed by atoms with Crippen molar-refractivity contribution in [3.8, 4) is 5.75 Å². The van der Waals surface area contributed by atoms with Gasteiger partial charge in [0.2, 0.25) is 0 Å². The maximum absolute atomic E-state index is 9.36. The van der Waals surface area contributed by atoms with Crippen LogP contribution in [0.1, 0.15) is 36.6 Å². The highest BCUT2D eigenvalue weighted by Crippen LogP contribution is 2.22. The summed E-state index contributed by atoms with van der Waals surface area (Å²) in [5, 5.41) is 13.7. The molecule has 3 heterocycles. The maximum Gasteiger partial charge on any atom is 0.150 e. The van der Waals surface area contributed by atoms with E-state index in [0.29, 0.717) is 0 Å². The zero-order valence-corrected chi connectivity index (χ0v) is 11.1. The molecule has 1 saturated heterocycles. The second-order valence-corrected chi connectivity index (χ2v) is 4.88. The second kappa shape index (κ2) is 5.88. The SMILES string of the molecule is Oc1cncc(/C=C/c2cnn(C3CCCCO3)c2)c1. The van der Waals surface area contributed by atoms with E-state index < -0.39 is 0 Å². The van der Waals surface area contributed by atoms with Gasteiger partial charge in [0, 0.05) is 24.6 Å². The van der Waals surface area contributed by atoms with Gasteiger partial charge in [-0.05, 0) is 30.9 Å². The number of hydrogen-bond donors (Lipinski definition) is 1. The minimum atomic E-state index is 0.0633. The van der Waals surface area contributed by atoms with Gasteiger partial charge < -0.3 is 9.84 Å². The molecule has 2 aromatic rings. The van der Waals surface area contributed by atoms with Crippen LogP contribution >= 0.6 is 0 Å².